The Morgan fingerprint density at radius 1 is 1.18 bits per heavy atom. The quantitative estimate of drug-likeness (QED) is 0.696. The van der Waals surface area contributed by atoms with Crippen LogP contribution in [0.3, 0.4) is 0 Å². The van der Waals surface area contributed by atoms with E-state index in [1.165, 1.54) is 25.1 Å². The number of carbonyl (C=O) groups excluding carboxylic acids is 3. The van der Waals surface area contributed by atoms with E-state index in [9.17, 15) is 14.4 Å². The Kier molecular flexibility index (Phi) is 7.55. The van der Waals surface area contributed by atoms with Gasteiger partial charge in [-0.3, -0.25) is 14.4 Å². The van der Waals surface area contributed by atoms with E-state index in [0.717, 1.165) is 5.56 Å². The summed E-state index contributed by atoms with van der Waals surface area (Å²) in [6.45, 7) is 0.871. The van der Waals surface area contributed by atoms with Gasteiger partial charge in [-0.25, -0.2) is 0 Å². The Hall–Kier alpha value is -3.37. The van der Waals surface area contributed by atoms with Crippen LogP contribution < -0.4 is 10.6 Å². The minimum absolute atomic E-state index is 0.112. The predicted octanol–water partition coefficient (Wildman–Crippen LogP) is 2.96. The second-order valence-corrected chi connectivity index (χ2v) is 6.29. The maximum absolute atomic E-state index is 12.1. The molecule has 0 aromatic heterocycles. The van der Waals surface area contributed by atoms with Gasteiger partial charge in [0.1, 0.15) is 6.07 Å². The smallest absolute Gasteiger partial charge is 0.308 e. The third-order valence-corrected chi connectivity index (χ3v) is 4.00. The summed E-state index contributed by atoms with van der Waals surface area (Å²) in [7, 11) is 0. The summed E-state index contributed by atoms with van der Waals surface area (Å²) in [4.78, 5) is 35.4. The first-order valence-corrected chi connectivity index (χ1v) is 8.74. The van der Waals surface area contributed by atoms with Gasteiger partial charge in [0.25, 0.3) is 5.91 Å². The number of hydrogen-bond donors (Lipinski definition) is 2. The number of anilines is 1. The third kappa shape index (κ3) is 6.41. The van der Waals surface area contributed by atoms with E-state index in [1.54, 1.807) is 24.3 Å². The minimum atomic E-state index is -0.629. The molecule has 7 nitrogen and oxygen atoms in total. The summed E-state index contributed by atoms with van der Waals surface area (Å²) in [5.41, 5.74) is 1.42. The van der Waals surface area contributed by atoms with E-state index in [1.807, 2.05) is 12.1 Å². The zero-order valence-electron chi connectivity index (χ0n) is 15.1. The summed E-state index contributed by atoms with van der Waals surface area (Å²) in [5, 5.41) is 14.3. The Bertz CT molecular complexity index is 909. The van der Waals surface area contributed by atoms with Crippen molar-refractivity contribution in [2.24, 2.45) is 0 Å². The number of nitrogens with one attached hydrogen (secondary N) is 2. The molecule has 0 fully saturated rings. The highest BCUT2D eigenvalue weighted by Crippen LogP contribution is 2.20. The van der Waals surface area contributed by atoms with Crippen LogP contribution in [0.4, 0.5) is 5.69 Å². The molecule has 144 valence electrons. The van der Waals surface area contributed by atoms with Crippen LogP contribution in [0.25, 0.3) is 0 Å². The normalized spacial score (nSPS) is 11.0. The standard InChI is InChI=1S/C20H18ClN3O4/c1-13(25)23-18(14-5-3-2-4-6-14)10-20(27)28-12-19(26)24-16-8-7-15(11-22)17(21)9-16/h2-9,18H,10,12H2,1H3,(H,23,25)(H,24,26)/t18-/m1/s1. The summed E-state index contributed by atoms with van der Waals surface area (Å²) in [6.07, 6.45) is -0.112. The molecule has 8 heteroatoms. The molecule has 0 unspecified atom stereocenters. The third-order valence-electron chi connectivity index (χ3n) is 3.69. The SMILES string of the molecule is CC(=O)N[C@H](CC(=O)OCC(=O)Nc1ccc(C#N)c(Cl)c1)c1ccccc1. The molecular weight excluding hydrogens is 382 g/mol. The second kappa shape index (κ2) is 10.1. The maximum atomic E-state index is 12.1. The van der Waals surface area contributed by atoms with Gasteiger partial charge in [-0.2, -0.15) is 5.26 Å². The summed E-state index contributed by atoms with van der Waals surface area (Å²) in [6, 6.07) is 14.8. The van der Waals surface area contributed by atoms with Gasteiger partial charge in [-0.05, 0) is 23.8 Å². The highest BCUT2D eigenvalue weighted by atomic mass is 35.5. The molecule has 2 aromatic rings. The summed E-state index contributed by atoms with van der Waals surface area (Å²) in [5.74, 6) is -1.46. The van der Waals surface area contributed by atoms with Crippen molar-refractivity contribution in [1.82, 2.24) is 5.32 Å². The number of esters is 1. The van der Waals surface area contributed by atoms with Crippen LogP contribution in [-0.4, -0.2) is 24.4 Å². The summed E-state index contributed by atoms with van der Waals surface area (Å²) < 4.78 is 5.00. The van der Waals surface area contributed by atoms with Crippen molar-refractivity contribution >= 4 is 35.1 Å². The topological polar surface area (TPSA) is 108 Å². The molecule has 0 radical (unpaired) electrons. The largest absolute Gasteiger partial charge is 0.455 e. The van der Waals surface area contributed by atoms with Crippen molar-refractivity contribution in [1.29, 1.82) is 5.26 Å². The van der Waals surface area contributed by atoms with Crippen LogP contribution in [-0.2, 0) is 19.1 Å². The molecule has 0 aliphatic heterocycles. The van der Waals surface area contributed by atoms with Gasteiger partial charge in [-0.15, -0.1) is 0 Å². The molecule has 2 rings (SSSR count). The predicted molar refractivity (Wildman–Crippen MR) is 103 cm³/mol. The lowest BCUT2D eigenvalue weighted by molar-refractivity contribution is -0.148. The molecule has 0 aliphatic carbocycles. The first-order valence-electron chi connectivity index (χ1n) is 8.36. The van der Waals surface area contributed by atoms with Gasteiger partial charge in [0.2, 0.25) is 5.91 Å². The zero-order valence-corrected chi connectivity index (χ0v) is 15.8. The van der Waals surface area contributed by atoms with Gasteiger partial charge in [0.15, 0.2) is 6.61 Å². The molecule has 2 N–H and O–H groups in total. The molecule has 0 saturated heterocycles. The van der Waals surface area contributed by atoms with E-state index in [2.05, 4.69) is 10.6 Å². The van der Waals surface area contributed by atoms with Gasteiger partial charge in [0, 0.05) is 12.6 Å². The zero-order chi connectivity index (χ0) is 20.5. The highest BCUT2D eigenvalue weighted by Gasteiger charge is 2.18. The highest BCUT2D eigenvalue weighted by molar-refractivity contribution is 6.32. The maximum Gasteiger partial charge on any atom is 0.308 e. The van der Waals surface area contributed by atoms with Crippen LogP contribution in [0.1, 0.15) is 30.5 Å². The van der Waals surface area contributed by atoms with E-state index in [4.69, 9.17) is 21.6 Å². The number of carbonyl (C=O) groups is 3. The van der Waals surface area contributed by atoms with Crippen LogP contribution in [0, 0.1) is 11.3 Å². The molecule has 2 amide bonds. The van der Waals surface area contributed by atoms with Crippen molar-refractivity contribution in [3.05, 3.63) is 64.7 Å². The molecule has 0 spiro atoms. The van der Waals surface area contributed by atoms with Crippen LogP contribution in [0.15, 0.2) is 48.5 Å². The number of ether oxygens (including phenoxy) is 1. The van der Waals surface area contributed by atoms with E-state index in [-0.39, 0.29) is 22.9 Å². The van der Waals surface area contributed by atoms with E-state index < -0.39 is 24.5 Å². The van der Waals surface area contributed by atoms with Gasteiger partial charge >= 0.3 is 5.97 Å². The molecule has 0 aliphatic rings. The Balaban J connectivity index is 1.89. The van der Waals surface area contributed by atoms with Crippen molar-refractivity contribution in [3.8, 4) is 6.07 Å². The Morgan fingerprint density at radius 3 is 2.50 bits per heavy atom. The fraction of sp³-hybridized carbons (Fsp3) is 0.200. The summed E-state index contributed by atoms with van der Waals surface area (Å²) >= 11 is 5.90. The number of rotatable bonds is 7. The monoisotopic (exact) mass is 399 g/mol. The molecule has 0 bridgehead atoms. The number of nitriles is 1. The number of amides is 2. The van der Waals surface area contributed by atoms with Crippen LogP contribution in [0.2, 0.25) is 5.02 Å². The van der Waals surface area contributed by atoms with Gasteiger partial charge < -0.3 is 15.4 Å². The average molecular weight is 400 g/mol. The number of nitrogens with zero attached hydrogens (tertiary/aromatic N) is 1. The van der Waals surface area contributed by atoms with Gasteiger partial charge in [0.05, 0.1) is 23.0 Å². The van der Waals surface area contributed by atoms with E-state index in [0.29, 0.717) is 5.69 Å². The first kappa shape index (κ1) is 20.9. The second-order valence-electron chi connectivity index (χ2n) is 5.88. The molecule has 28 heavy (non-hydrogen) atoms. The average Bonchev–Trinajstić information content (AvgIpc) is 2.66. The van der Waals surface area contributed by atoms with E-state index >= 15 is 0 Å². The Morgan fingerprint density at radius 2 is 1.89 bits per heavy atom. The van der Waals surface area contributed by atoms with Crippen molar-refractivity contribution < 1.29 is 19.1 Å². The van der Waals surface area contributed by atoms with Crippen molar-refractivity contribution in [2.75, 3.05) is 11.9 Å². The minimum Gasteiger partial charge on any atom is -0.455 e. The van der Waals surface area contributed by atoms with Crippen LogP contribution in [0.5, 0.6) is 0 Å². The fourth-order valence-corrected chi connectivity index (χ4v) is 2.66. The first-order chi connectivity index (χ1) is 13.4. The van der Waals surface area contributed by atoms with Crippen molar-refractivity contribution in [3.63, 3.8) is 0 Å². The lowest BCUT2D eigenvalue weighted by Gasteiger charge is -2.17. The molecule has 0 saturated carbocycles. The molecule has 1 atom stereocenters. The molecule has 2 aromatic carbocycles. The molecule has 0 heterocycles. The number of hydrogen-bond acceptors (Lipinski definition) is 5. The Labute approximate surface area is 167 Å². The fourth-order valence-electron chi connectivity index (χ4n) is 2.44. The lowest BCUT2D eigenvalue weighted by Crippen LogP contribution is -2.29. The lowest BCUT2D eigenvalue weighted by atomic mass is 10.0. The number of halogens is 1. The van der Waals surface area contributed by atoms with Crippen LogP contribution >= 0.6 is 11.6 Å². The number of benzene rings is 2. The molecular formula is C20H18ClN3O4. The van der Waals surface area contributed by atoms with Gasteiger partial charge in [-0.1, -0.05) is 41.9 Å². The van der Waals surface area contributed by atoms with Crippen molar-refractivity contribution in [2.45, 2.75) is 19.4 Å².